The molecule has 5 heteroatoms. The van der Waals surface area contributed by atoms with Gasteiger partial charge in [0, 0.05) is 0 Å². The van der Waals surface area contributed by atoms with Gasteiger partial charge in [-0.15, -0.1) is 0 Å². The van der Waals surface area contributed by atoms with Crippen LogP contribution in [0, 0.1) is 5.82 Å². The van der Waals surface area contributed by atoms with Crippen LogP contribution in [0.2, 0.25) is 0 Å². The average Bonchev–Trinajstić information content (AvgIpc) is 2.76. The van der Waals surface area contributed by atoms with Crippen LogP contribution in [0.1, 0.15) is 10.4 Å². The predicted molar refractivity (Wildman–Crippen MR) is 71.2 cm³/mol. The van der Waals surface area contributed by atoms with E-state index in [1.165, 1.54) is 22.8 Å². The number of rotatable bonds is 3. The summed E-state index contributed by atoms with van der Waals surface area (Å²) in [6, 6.07) is 12.5. The molecule has 4 nitrogen and oxygen atoms in total. The second kappa shape index (κ2) is 4.77. The van der Waals surface area contributed by atoms with Gasteiger partial charge in [0.15, 0.2) is 11.4 Å². The predicted octanol–water partition coefficient (Wildman–Crippen LogP) is 2.62. The summed E-state index contributed by atoms with van der Waals surface area (Å²) in [5.74, 6) is -1.70. The number of ketones is 1. The van der Waals surface area contributed by atoms with Gasteiger partial charge < -0.3 is 4.42 Å². The number of Topliss-reactive ketones (excluding diaryl/α,β-unsaturated/α-hetero) is 1. The fourth-order valence-electron chi connectivity index (χ4n) is 2.08. The zero-order chi connectivity index (χ0) is 14.1. The molecule has 0 bridgehead atoms. The molecule has 20 heavy (non-hydrogen) atoms. The Labute approximate surface area is 113 Å². The highest BCUT2D eigenvalue weighted by Crippen LogP contribution is 2.14. The van der Waals surface area contributed by atoms with Crippen molar-refractivity contribution < 1.29 is 13.6 Å². The highest BCUT2D eigenvalue weighted by Gasteiger charge is 2.16. The van der Waals surface area contributed by atoms with Gasteiger partial charge in [0.05, 0.1) is 17.6 Å². The highest BCUT2D eigenvalue weighted by molar-refractivity contribution is 5.96. The molecule has 0 N–H and O–H groups in total. The van der Waals surface area contributed by atoms with Gasteiger partial charge in [0.25, 0.3) is 0 Å². The first-order valence-electron chi connectivity index (χ1n) is 6.03. The molecule has 3 aromatic rings. The van der Waals surface area contributed by atoms with Gasteiger partial charge in [0.2, 0.25) is 0 Å². The number of para-hydroxylation sites is 2. The van der Waals surface area contributed by atoms with Crippen molar-refractivity contribution in [3.8, 4) is 0 Å². The largest absolute Gasteiger partial charge is 0.420 e. The Hall–Kier alpha value is -2.69. The van der Waals surface area contributed by atoms with Crippen LogP contribution in [0.4, 0.5) is 4.39 Å². The van der Waals surface area contributed by atoms with Crippen molar-refractivity contribution in [3.63, 3.8) is 0 Å². The molecule has 2 aromatic carbocycles. The van der Waals surface area contributed by atoms with Gasteiger partial charge >= 0.3 is 5.76 Å². The maximum Gasteiger partial charge on any atom is 0.420 e. The van der Waals surface area contributed by atoms with Gasteiger partial charge in [-0.2, -0.15) is 0 Å². The molecule has 0 amide bonds. The third kappa shape index (κ3) is 2.03. The zero-order valence-electron chi connectivity index (χ0n) is 10.4. The van der Waals surface area contributed by atoms with Crippen molar-refractivity contribution in [1.82, 2.24) is 4.57 Å². The van der Waals surface area contributed by atoms with Crippen molar-refractivity contribution in [3.05, 3.63) is 70.5 Å². The minimum absolute atomic E-state index is 0.0373. The summed E-state index contributed by atoms with van der Waals surface area (Å²) in [6.45, 7) is -0.253. The van der Waals surface area contributed by atoms with Crippen molar-refractivity contribution in [2.75, 3.05) is 0 Å². The summed E-state index contributed by atoms with van der Waals surface area (Å²) in [7, 11) is 0. The molecule has 0 spiro atoms. The van der Waals surface area contributed by atoms with Crippen molar-refractivity contribution in [1.29, 1.82) is 0 Å². The third-order valence-corrected chi connectivity index (χ3v) is 3.05. The molecule has 0 aliphatic heterocycles. The Kier molecular flexibility index (Phi) is 2.95. The Morgan fingerprint density at radius 3 is 2.60 bits per heavy atom. The smallest absolute Gasteiger partial charge is 0.408 e. The van der Waals surface area contributed by atoms with Crippen molar-refractivity contribution in [2.24, 2.45) is 0 Å². The van der Waals surface area contributed by atoms with Crippen molar-refractivity contribution in [2.45, 2.75) is 6.54 Å². The molecule has 1 aromatic heterocycles. The minimum atomic E-state index is -0.629. The summed E-state index contributed by atoms with van der Waals surface area (Å²) < 4.78 is 19.8. The van der Waals surface area contributed by atoms with Gasteiger partial charge in [-0.25, -0.2) is 9.18 Å². The fraction of sp³-hybridized carbons (Fsp3) is 0.0667. The van der Waals surface area contributed by atoms with E-state index in [0.717, 1.165) is 0 Å². The molecule has 0 saturated heterocycles. The zero-order valence-corrected chi connectivity index (χ0v) is 10.4. The molecule has 100 valence electrons. The summed E-state index contributed by atoms with van der Waals surface area (Å²) in [4.78, 5) is 23.8. The van der Waals surface area contributed by atoms with E-state index in [1.54, 1.807) is 30.3 Å². The van der Waals surface area contributed by atoms with Crippen LogP contribution in [-0.2, 0) is 6.54 Å². The SMILES string of the molecule is O=C(Cn1c(=O)oc2ccccc21)c1ccccc1F. The van der Waals surface area contributed by atoms with E-state index in [9.17, 15) is 14.0 Å². The molecule has 0 atom stereocenters. The number of aromatic nitrogens is 1. The molecular weight excluding hydrogens is 261 g/mol. The molecule has 0 unspecified atom stereocenters. The molecule has 0 fully saturated rings. The molecule has 0 aliphatic rings. The van der Waals surface area contributed by atoms with E-state index < -0.39 is 17.4 Å². The lowest BCUT2D eigenvalue weighted by atomic mass is 10.1. The number of hydrogen-bond donors (Lipinski definition) is 0. The second-order valence-corrected chi connectivity index (χ2v) is 4.32. The summed E-state index contributed by atoms with van der Waals surface area (Å²) in [6.07, 6.45) is 0. The normalized spacial score (nSPS) is 10.8. The van der Waals surface area contributed by atoms with E-state index in [2.05, 4.69) is 0 Å². The Balaban J connectivity index is 2.02. The topological polar surface area (TPSA) is 52.2 Å². The number of carbonyl (C=O) groups is 1. The van der Waals surface area contributed by atoms with Gasteiger partial charge in [-0.1, -0.05) is 24.3 Å². The van der Waals surface area contributed by atoms with Gasteiger partial charge in [-0.3, -0.25) is 9.36 Å². The maximum atomic E-state index is 13.6. The number of carbonyl (C=O) groups excluding carboxylic acids is 1. The number of fused-ring (bicyclic) bond motifs is 1. The monoisotopic (exact) mass is 271 g/mol. The Bertz CT molecular complexity index is 847. The van der Waals surface area contributed by atoms with Crippen LogP contribution in [0.3, 0.4) is 0 Å². The fourth-order valence-corrected chi connectivity index (χ4v) is 2.08. The third-order valence-electron chi connectivity index (χ3n) is 3.05. The van der Waals surface area contributed by atoms with E-state index in [0.29, 0.717) is 11.1 Å². The number of hydrogen-bond acceptors (Lipinski definition) is 3. The first-order chi connectivity index (χ1) is 9.66. The summed E-state index contributed by atoms with van der Waals surface area (Å²) >= 11 is 0. The summed E-state index contributed by atoms with van der Waals surface area (Å²) in [5.41, 5.74) is 0.880. The lowest BCUT2D eigenvalue weighted by Crippen LogP contribution is -2.20. The number of oxazole rings is 1. The van der Waals surface area contributed by atoms with Gasteiger partial charge in [0.1, 0.15) is 5.82 Å². The lowest BCUT2D eigenvalue weighted by molar-refractivity contribution is 0.0966. The van der Waals surface area contributed by atoms with E-state index in [-0.39, 0.29) is 12.1 Å². The average molecular weight is 271 g/mol. The molecular formula is C15H10FNO3. The van der Waals surface area contributed by atoms with Crippen LogP contribution < -0.4 is 5.76 Å². The van der Waals surface area contributed by atoms with Gasteiger partial charge in [-0.05, 0) is 24.3 Å². The first kappa shape index (κ1) is 12.3. The van der Waals surface area contributed by atoms with Crippen molar-refractivity contribution >= 4 is 16.9 Å². The Morgan fingerprint density at radius 2 is 1.80 bits per heavy atom. The molecule has 0 radical (unpaired) electrons. The van der Waals surface area contributed by atoms with E-state index in [4.69, 9.17) is 4.42 Å². The standard InChI is InChI=1S/C15H10FNO3/c16-11-6-2-1-5-10(11)13(18)9-17-12-7-3-4-8-14(12)20-15(17)19/h1-8H,9H2. The maximum absolute atomic E-state index is 13.6. The van der Waals surface area contributed by atoms with Crippen LogP contribution >= 0.6 is 0 Å². The molecule has 0 saturated carbocycles. The molecule has 1 heterocycles. The molecule has 0 aliphatic carbocycles. The highest BCUT2D eigenvalue weighted by atomic mass is 19.1. The Morgan fingerprint density at radius 1 is 1.10 bits per heavy atom. The van der Waals surface area contributed by atoms with E-state index in [1.807, 2.05) is 0 Å². The second-order valence-electron chi connectivity index (χ2n) is 4.32. The number of benzene rings is 2. The van der Waals surface area contributed by atoms with E-state index >= 15 is 0 Å². The van der Waals surface area contributed by atoms with Crippen LogP contribution in [-0.4, -0.2) is 10.4 Å². The van der Waals surface area contributed by atoms with Crippen LogP contribution in [0.25, 0.3) is 11.1 Å². The lowest BCUT2D eigenvalue weighted by Gasteiger charge is -2.03. The quantitative estimate of drug-likeness (QED) is 0.688. The summed E-state index contributed by atoms with van der Waals surface area (Å²) in [5, 5.41) is 0. The molecule has 3 rings (SSSR count). The van der Waals surface area contributed by atoms with Crippen LogP contribution in [0.15, 0.2) is 57.7 Å². The number of nitrogens with zero attached hydrogens (tertiary/aromatic N) is 1. The van der Waals surface area contributed by atoms with Crippen LogP contribution in [0.5, 0.6) is 0 Å². The minimum Gasteiger partial charge on any atom is -0.408 e. The number of halogens is 1. The first-order valence-corrected chi connectivity index (χ1v) is 6.03.